The fraction of sp³-hybridized carbons (Fsp3) is 0.875. The summed E-state index contributed by atoms with van der Waals surface area (Å²) >= 11 is 0. The van der Waals surface area contributed by atoms with Crippen LogP contribution in [0, 0.1) is 11.8 Å². The van der Waals surface area contributed by atoms with E-state index in [1.807, 2.05) is 11.8 Å². The highest BCUT2D eigenvalue weighted by Gasteiger charge is 2.38. The molecule has 0 bridgehead atoms. The SMILES string of the molecule is CCC1NC(=O)CCN(C2CCCCC2C(C)C)C1=O. The van der Waals surface area contributed by atoms with Gasteiger partial charge in [0.15, 0.2) is 0 Å². The molecule has 0 spiro atoms. The molecule has 2 rings (SSSR count). The minimum atomic E-state index is -0.320. The van der Waals surface area contributed by atoms with Crippen molar-refractivity contribution in [1.82, 2.24) is 10.2 Å². The van der Waals surface area contributed by atoms with E-state index in [0.717, 1.165) is 6.42 Å². The van der Waals surface area contributed by atoms with E-state index in [9.17, 15) is 9.59 Å². The van der Waals surface area contributed by atoms with Gasteiger partial charge in [0.2, 0.25) is 11.8 Å². The summed E-state index contributed by atoms with van der Waals surface area (Å²) in [4.78, 5) is 26.5. The molecule has 1 aliphatic carbocycles. The number of nitrogens with one attached hydrogen (secondary N) is 1. The molecular formula is C16H28N2O2. The van der Waals surface area contributed by atoms with Crippen LogP contribution in [0.25, 0.3) is 0 Å². The second-order valence-corrected chi connectivity index (χ2v) is 6.57. The molecule has 1 N–H and O–H groups in total. The van der Waals surface area contributed by atoms with Gasteiger partial charge in [-0.15, -0.1) is 0 Å². The highest BCUT2D eigenvalue weighted by atomic mass is 16.2. The molecule has 1 aliphatic heterocycles. The Labute approximate surface area is 122 Å². The highest BCUT2D eigenvalue weighted by Crippen LogP contribution is 2.34. The number of hydrogen-bond donors (Lipinski definition) is 1. The molecule has 4 nitrogen and oxygen atoms in total. The van der Waals surface area contributed by atoms with Crippen molar-refractivity contribution in [3.8, 4) is 0 Å². The highest BCUT2D eigenvalue weighted by molar-refractivity contribution is 5.90. The van der Waals surface area contributed by atoms with Crippen LogP contribution in [0.2, 0.25) is 0 Å². The number of carbonyl (C=O) groups is 2. The lowest BCUT2D eigenvalue weighted by molar-refractivity contribution is -0.137. The fourth-order valence-electron chi connectivity index (χ4n) is 3.77. The molecule has 1 saturated heterocycles. The molecule has 0 aromatic rings. The van der Waals surface area contributed by atoms with E-state index in [4.69, 9.17) is 0 Å². The minimum Gasteiger partial charge on any atom is -0.344 e. The van der Waals surface area contributed by atoms with Gasteiger partial charge in [0.1, 0.15) is 6.04 Å². The first-order valence-corrected chi connectivity index (χ1v) is 8.14. The van der Waals surface area contributed by atoms with Crippen LogP contribution in [0.5, 0.6) is 0 Å². The summed E-state index contributed by atoms with van der Waals surface area (Å²) in [6.07, 6.45) is 5.92. The summed E-state index contributed by atoms with van der Waals surface area (Å²) in [5, 5.41) is 2.86. The standard InChI is InChI=1S/C16H28N2O2/c1-4-13-16(20)18(10-9-15(19)17-13)14-8-6-5-7-12(14)11(2)3/h11-14H,4-10H2,1-3H3,(H,17,19). The Morgan fingerprint density at radius 3 is 2.60 bits per heavy atom. The lowest BCUT2D eigenvalue weighted by Crippen LogP contribution is -2.52. The number of rotatable bonds is 3. The molecule has 4 heteroatoms. The molecule has 2 fully saturated rings. The van der Waals surface area contributed by atoms with Crippen molar-refractivity contribution in [2.45, 2.75) is 71.4 Å². The topological polar surface area (TPSA) is 49.4 Å². The molecular weight excluding hydrogens is 252 g/mol. The summed E-state index contributed by atoms with van der Waals surface area (Å²) in [5.41, 5.74) is 0. The number of nitrogens with zero attached hydrogens (tertiary/aromatic N) is 1. The second kappa shape index (κ2) is 6.59. The van der Waals surface area contributed by atoms with Crippen LogP contribution in [0.15, 0.2) is 0 Å². The van der Waals surface area contributed by atoms with Crippen LogP contribution in [-0.2, 0) is 9.59 Å². The largest absolute Gasteiger partial charge is 0.344 e. The number of carbonyl (C=O) groups excluding carboxylic acids is 2. The maximum absolute atomic E-state index is 12.7. The van der Waals surface area contributed by atoms with Crippen LogP contribution in [0.4, 0.5) is 0 Å². The molecule has 1 heterocycles. The van der Waals surface area contributed by atoms with Crippen LogP contribution in [0.3, 0.4) is 0 Å². The molecule has 20 heavy (non-hydrogen) atoms. The van der Waals surface area contributed by atoms with E-state index in [-0.39, 0.29) is 17.9 Å². The van der Waals surface area contributed by atoms with Gasteiger partial charge in [0, 0.05) is 19.0 Å². The van der Waals surface area contributed by atoms with Gasteiger partial charge in [-0.3, -0.25) is 9.59 Å². The monoisotopic (exact) mass is 280 g/mol. The second-order valence-electron chi connectivity index (χ2n) is 6.57. The minimum absolute atomic E-state index is 0.0182. The predicted molar refractivity (Wildman–Crippen MR) is 79.1 cm³/mol. The van der Waals surface area contributed by atoms with E-state index in [2.05, 4.69) is 19.2 Å². The first kappa shape index (κ1) is 15.3. The third-order valence-electron chi connectivity index (χ3n) is 4.94. The Bertz CT molecular complexity index is 367. The van der Waals surface area contributed by atoms with Crippen molar-refractivity contribution in [1.29, 1.82) is 0 Å². The summed E-state index contributed by atoms with van der Waals surface area (Å²) in [5.74, 6) is 1.33. The molecule has 0 aromatic heterocycles. The Balaban J connectivity index is 2.19. The zero-order valence-electron chi connectivity index (χ0n) is 13.0. The van der Waals surface area contributed by atoms with Gasteiger partial charge in [-0.05, 0) is 31.1 Å². The van der Waals surface area contributed by atoms with Gasteiger partial charge in [-0.1, -0.05) is 33.6 Å². The van der Waals surface area contributed by atoms with E-state index >= 15 is 0 Å². The Kier molecular flexibility index (Phi) is 5.06. The van der Waals surface area contributed by atoms with Crippen LogP contribution >= 0.6 is 0 Å². The maximum atomic E-state index is 12.7. The Morgan fingerprint density at radius 2 is 1.95 bits per heavy atom. The van der Waals surface area contributed by atoms with Crippen molar-refractivity contribution < 1.29 is 9.59 Å². The van der Waals surface area contributed by atoms with Gasteiger partial charge < -0.3 is 10.2 Å². The quantitative estimate of drug-likeness (QED) is 0.862. The molecule has 0 aromatic carbocycles. The van der Waals surface area contributed by atoms with Gasteiger partial charge in [0.05, 0.1) is 0 Å². The smallest absolute Gasteiger partial charge is 0.245 e. The summed E-state index contributed by atoms with van der Waals surface area (Å²) in [7, 11) is 0. The normalized spacial score (nSPS) is 32.2. The number of amides is 2. The van der Waals surface area contributed by atoms with Crippen molar-refractivity contribution in [2.24, 2.45) is 11.8 Å². The lowest BCUT2D eigenvalue weighted by atomic mass is 9.77. The zero-order chi connectivity index (χ0) is 14.7. The van der Waals surface area contributed by atoms with Gasteiger partial charge >= 0.3 is 0 Å². The summed E-state index contributed by atoms with van der Waals surface area (Å²) in [6, 6.07) is 0.0118. The van der Waals surface area contributed by atoms with Crippen molar-refractivity contribution in [3.63, 3.8) is 0 Å². The lowest BCUT2D eigenvalue weighted by Gasteiger charge is -2.42. The molecule has 2 aliphatic rings. The van der Waals surface area contributed by atoms with Crippen molar-refractivity contribution >= 4 is 11.8 Å². The molecule has 2 amide bonds. The number of hydrogen-bond acceptors (Lipinski definition) is 2. The van der Waals surface area contributed by atoms with E-state index in [0.29, 0.717) is 37.3 Å². The maximum Gasteiger partial charge on any atom is 0.245 e. The summed E-state index contributed by atoms with van der Waals surface area (Å²) < 4.78 is 0. The van der Waals surface area contributed by atoms with E-state index in [1.54, 1.807) is 0 Å². The van der Waals surface area contributed by atoms with Gasteiger partial charge in [-0.25, -0.2) is 0 Å². The van der Waals surface area contributed by atoms with Gasteiger partial charge in [0.25, 0.3) is 0 Å². The molecule has 3 unspecified atom stereocenters. The Morgan fingerprint density at radius 1 is 1.25 bits per heavy atom. The third-order valence-corrected chi connectivity index (χ3v) is 4.94. The van der Waals surface area contributed by atoms with E-state index in [1.165, 1.54) is 19.3 Å². The van der Waals surface area contributed by atoms with Crippen molar-refractivity contribution in [3.05, 3.63) is 0 Å². The third kappa shape index (κ3) is 3.15. The zero-order valence-corrected chi connectivity index (χ0v) is 13.0. The van der Waals surface area contributed by atoms with Gasteiger partial charge in [-0.2, -0.15) is 0 Å². The molecule has 3 atom stereocenters. The molecule has 0 radical (unpaired) electrons. The Hall–Kier alpha value is -1.06. The van der Waals surface area contributed by atoms with Crippen LogP contribution in [0.1, 0.15) is 59.3 Å². The van der Waals surface area contributed by atoms with Crippen LogP contribution in [-0.4, -0.2) is 35.3 Å². The van der Waals surface area contributed by atoms with Crippen LogP contribution < -0.4 is 5.32 Å². The average Bonchev–Trinajstić information content (AvgIpc) is 2.58. The molecule has 114 valence electrons. The predicted octanol–water partition coefficient (Wildman–Crippen LogP) is 2.33. The first-order chi connectivity index (χ1) is 9.54. The fourth-order valence-corrected chi connectivity index (χ4v) is 3.77. The van der Waals surface area contributed by atoms with Crippen molar-refractivity contribution in [2.75, 3.05) is 6.54 Å². The van der Waals surface area contributed by atoms with E-state index < -0.39 is 0 Å². The molecule has 1 saturated carbocycles. The first-order valence-electron chi connectivity index (χ1n) is 8.14. The summed E-state index contributed by atoms with van der Waals surface area (Å²) in [6.45, 7) is 7.07. The average molecular weight is 280 g/mol.